The first kappa shape index (κ1) is 14.7. The van der Waals surface area contributed by atoms with E-state index in [-0.39, 0.29) is 12.4 Å². The van der Waals surface area contributed by atoms with Crippen molar-refractivity contribution in [1.82, 2.24) is 5.32 Å². The summed E-state index contributed by atoms with van der Waals surface area (Å²) in [5.74, 6) is 2.44. The van der Waals surface area contributed by atoms with Crippen LogP contribution in [0.25, 0.3) is 0 Å². The number of nitrogens with one attached hydrogen (secondary N) is 1. The molecule has 1 aliphatic carbocycles. The van der Waals surface area contributed by atoms with Gasteiger partial charge >= 0.3 is 0 Å². The largest absolute Gasteiger partial charge is 0.316 e. The van der Waals surface area contributed by atoms with Crippen LogP contribution in [0.15, 0.2) is 0 Å². The Bertz CT molecular complexity index is 165. The van der Waals surface area contributed by atoms with Crippen molar-refractivity contribution in [2.24, 2.45) is 5.92 Å². The predicted molar refractivity (Wildman–Crippen MR) is 76.8 cm³/mol. The van der Waals surface area contributed by atoms with Crippen molar-refractivity contribution in [3.05, 3.63) is 0 Å². The molecular formula is C13H26ClNS. The zero-order valence-electron chi connectivity index (χ0n) is 10.2. The average Bonchev–Trinajstić information content (AvgIpc) is 2.79. The molecule has 1 atom stereocenters. The second-order valence-electron chi connectivity index (χ2n) is 5.13. The maximum absolute atomic E-state index is 3.65. The zero-order chi connectivity index (χ0) is 10.3. The van der Waals surface area contributed by atoms with E-state index in [1.807, 2.05) is 0 Å². The predicted octanol–water partition coefficient (Wildman–Crippen LogP) is 3.86. The monoisotopic (exact) mass is 263 g/mol. The van der Waals surface area contributed by atoms with Crippen molar-refractivity contribution in [1.29, 1.82) is 0 Å². The van der Waals surface area contributed by atoms with Gasteiger partial charge in [0.2, 0.25) is 0 Å². The minimum Gasteiger partial charge on any atom is -0.316 e. The molecule has 0 bridgehead atoms. The highest BCUT2D eigenvalue weighted by Crippen LogP contribution is 2.26. The van der Waals surface area contributed by atoms with Crippen LogP contribution >= 0.6 is 24.2 Å². The summed E-state index contributed by atoms with van der Waals surface area (Å²) in [4.78, 5) is 0. The number of hydrogen-bond donors (Lipinski definition) is 1. The summed E-state index contributed by atoms with van der Waals surface area (Å²) in [6.45, 7) is 2.53. The van der Waals surface area contributed by atoms with E-state index in [4.69, 9.17) is 0 Å². The Balaban J connectivity index is 0.00000128. The molecule has 0 aromatic heterocycles. The van der Waals surface area contributed by atoms with Gasteiger partial charge in [0, 0.05) is 11.8 Å². The van der Waals surface area contributed by atoms with Crippen molar-refractivity contribution in [2.75, 3.05) is 18.8 Å². The van der Waals surface area contributed by atoms with Crippen molar-refractivity contribution in [3.8, 4) is 0 Å². The lowest BCUT2D eigenvalue weighted by Crippen LogP contribution is -2.25. The molecule has 2 aliphatic rings. The zero-order valence-corrected chi connectivity index (χ0v) is 11.9. The fourth-order valence-electron chi connectivity index (χ4n) is 2.85. The summed E-state index contributed by atoms with van der Waals surface area (Å²) in [5.41, 5.74) is 0. The molecule has 3 heteroatoms. The van der Waals surface area contributed by atoms with Gasteiger partial charge in [-0.15, -0.1) is 12.4 Å². The second-order valence-corrected chi connectivity index (χ2v) is 6.54. The van der Waals surface area contributed by atoms with E-state index in [1.54, 1.807) is 0 Å². The summed E-state index contributed by atoms with van der Waals surface area (Å²) in [6, 6.07) is 0. The van der Waals surface area contributed by atoms with E-state index >= 15 is 0 Å². The van der Waals surface area contributed by atoms with Gasteiger partial charge in [-0.2, -0.15) is 11.8 Å². The smallest absolute Gasteiger partial charge is 0.0172 e. The topological polar surface area (TPSA) is 12.0 Å². The lowest BCUT2D eigenvalue weighted by molar-refractivity contribution is 0.334. The van der Waals surface area contributed by atoms with E-state index in [1.165, 1.54) is 70.2 Å². The number of hydrogen-bond acceptors (Lipinski definition) is 2. The summed E-state index contributed by atoms with van der Waals surface area (Å²) in [5, 5.41) is 4.58. The number of rotatable bonds is 5. The molecule has 2 fully saturated rings. The fourth-order valence-corrected chi connectivity index (χ4v) is 4.09. The normalized spacial score (nSPS) is 26.6. The van der Waals surface area contributed by atoms with E-state index in [9.17, 15) is 0 Å². The summed E-state index contributed by atoms with van der Waals surface area (Å²) < 4.78 is 0. The Morgan fingerprint density at radius 2 is 1.81 bits per heavy atom. The Kier molecular flexibility index (Phi) is 7.93. The highest BCUT2D eigenvalue weighted by molar-refractivity contribution is 8.00. The molecule has 96 valence electrons. The summed E-state index contributed by atoms with van der Waals surface area (Å²) in [7, 11) is 0. The van der Waals surface area contributed by atoms with Gasteiger partial charge in [0.05, 0.1) is 0 Å². The standard InChI is InChI=1S/C13H25NS.ClH/c1-2-5-12(6-3-1)8-9-14-11-13-7-4-10-15-13;/h12-14H,1-11H2;1H. The van der Waals surface area contributed by atoms with Crippen molar-refractivity contribution >= 4 is 24.2 Å². The van der Waals surface area contributed by atoms with Crippen molar-refractivity contribution in [3.63, 3.8) is 0 Å². The molecule has 1 aliphatic heterocycles. The third kappa shape index (κ3) is 5.29. The molecule has 1 saturated carbocycles. The molecule has 0 aromatic rings. The lowest BCUT2D eigenvalue weighted by Gasteiger charge is -2.21. The van der Waals surface area contributed by atoms with Gasteiger partial charge < -0.3 is 5.32 Å². The minimum absolute atomic E-state index is 0. The third-order valence-electron chi connectivity index (χ3n) is 3.85. The van der Waals surface area contributed by atoms with Crippen LogP contribution in [0.4, 0.5) is 0 Å². The molecule has 1 N–H and O–H groups in total. The van der Waals surface area contributed by atoms with E-state index in [0.717, 1.165) is 11.2 Å². The third-order valence-corrected chi connectivity index (χ3v) is 5.25. The first-order valence-corrected chi connectivity index (χ1v) is 7.82. The minimum atomic E-state index is 0. The Labute approximate surface area is 111 Å². The lowest BCUT2D eigenvalue weighted by atomic mass is 9.87. The molecule has 2 rings (SSSR count). The van der Waals surface area contributed by atoms with E-state index in [2.05, 4.69) is 17.1 Å². The molecule has 0 aromatic carbocycles. The highest BCUT2D eigenvalue weighted by atomic mass is 35.5. The Morgan fingerprint density at radius 3 is 2.50 bits per heavy atom. The van der Waals surface area contributed by atoms with Gasteiger partial charge in [0.15, 0.2) is 0 Å². The molecule has 0 spiro atoms. The molecule has 1 unspecified atom stereocenters. The SMILES string of the molecule is C1CCC(CCNCC2CCCS2)CC1.Cl. The van der Waals surface area contributed by atoms with Crippen LogP contribution in [-0.4, -0.2) is 24.1 Å². The van der Waals surface area contributed by atoms with Crippen LogP contribution in [0.1, 0.15) is 51.4 Å². The maximum Gasteiger partial charge on any atom is 0.0172 e. The van der Waals surface area contributed by atoms with Gasteiger partial charge in [-0.05, 0) is 37.5 Å². The molecular weight excluding hydrogens is 238 g/mol. The number of halogens is 1. The maximum atomic E-state index is 3.65. The first-order chi connectivity index (χ1) is 7.45. The van der Waals surface area contributed by atoms with Crippen LogP contribution in [-0.2, 0) is 0 Å². The quantitative estimate of drug-likeness (QED) is 0.756. The van der Waals surface area contributed by atoms with Crippen molar-refractivity contribution in [2.45, 2.75) is 56.6 Å². The molecule has 0 amide bonds. The first-order valence-electron chi connectivity index (χ1n) is 6.77. The molecule has 1 nitrogen and oxygen atoms in total. The van der Waals surface area contributed by atoms with Gasteiger partial charge in [0.25, 0.3) is 0 Å². The van der Waals surface area contributed by atoms with Crippen molar-refractivity contribution < 1.29 is 0 Å². The van der Waals surface area contributed by atoms with Crippen LogP contribution < -0.4 is 5.32 Å². The van der Waals surface area contributed by atoms with Crippen LogP contribution in [0.2, 0.25) is 0 Å². The number of thioether (sulfide) groups is 1. The van der Waals surface area contributed by atoms with Gasteiger partial charge in [-0.1, -0.05) is 32.1 Å². The van der Waals surface area contributed by atoms with Crippen LogP contribution in [0.3, 0.4) is 0 Å². The van der Waals surface area contributed by atoms with Gasteiger partial charge in [-0.3, -0.25) is 0 Å². The van der Waals surface area contributed by atoms with E-state index < -0.39 is 0 Å². The van der Waals surface area contributed by atoms with E-state index in [0.29, 0.717) is 0 Å². The van der Waals surface area contributed by atoms with Crippen LogP contribution in [0.5, 0.6) is 0 Å². The Morgan fingerprint density at radius 1 is 1.00 bits per heavy atom. The molecule has 1 saturated heterocycles. The molecule has 0 radical (unpaired) electrons. The molecule has 16 heavy (non-hydrogen) atoms. The van der Waals surface area contributed by atoms with Gasteiger partial charge in [-0.25, -0.2) is 0 Å². The summed E-state index contributed by atoms with van der Waals surface area (Å²) in [6.07, 6.45) is 11.8. The molecule has 1 heterocycles. The fraction of sp³-hybridized carbons (Fsp3) is 1.00. The van der Waals surface area contributed by atoms with Gasteiger partial charge in [0.1, 0.15) is 0 Å². The second kappa shape index (κ2) is 8.66. The highest BCUT2D eigenvalue weighted by Gasteiger charge is 2.15. The average molecular weight is 264 g/mol. The van der Waals surface area contributed by atoms with Crippen LogP contribution in [0, 0.1) is 5.92 Å². The Hall–Kier alpha value is 0.600. The summed E-state index contributed by atoms with van der Waals surface area (Å²) >= 11 is 2.17.